The van der Waals surface area contributed by atoms with Crippen LogP contribution in [0.4, 0.5) is 4.39 Å². The largest absolute Gasteiger partial charge is 0.313 e. The predicted molar refractivity (Wildman–Crippen MR) is 63.0 cm³/mol. The fourth-order valence-electron chi connectivity index (χ4n) is 3.43. The van der Waals surface area contributed by atoms with E-state index in [1.807, 2.05) is 13.1 Å². The molecule has 0 bridgehead atoms. The van der Waals surface area contributed by atoms with Crippen LogP contribution in [0, 0.1) is 5.82 Å². The summed E-state index contributed by atoms with van der Waals surface area (Å²) in [6.07, 6.45) is 6.21. The molecule has 1 nitrogen and oxygen atoms in total. The van der Waals surface area contributed by atoms with Gasteiger partial charge in [-0.05, 0) is 61.4 Å². The smallest absolute Gasteiger partial charge is 0.123 e. The van der Waals surface area contributed by atoms with Gasteiger partial charge in [-0.25, -0.2) is 4.39 Å². The van der Waals surface area contributed by atoms with Crippen molar-refractivity contribution in [1.82, 2.24) is 5.32 Å². The number of rotatable bonds is 1. The molecule has 1 aromatic rings. The summed E-state index contributed by atoms with van der Waals surface area (Å²) in [5, 5.41) is 3.34. The van der Waals surface area contributed by atoms with Crippen molar-refractivity contribution in [3.63, 3.8) is 0 Å². The highest BCUT2D eigenvalue weighted by Crippen LogP contribution is 2.53. The second kappa shape index (κ2) is 3.56. The third kappa shape index (κ3) is 1.32. The first-order valence-corrected chi connectivity index (χ1v) is 6.22. The molecule has 86 valence electrons. The molecule has 16 heavy (non-hydrogen) atoms. The Kier molecular flexibility index (Phi) is 2.28. The first kappa shape index (κ1) is 10.3. The lowest BCUT2D eigenvalue weighted by atomic mass is 9.57. The van der Waals surface area contributed by atoms with Crippen molar-refractivity contribution in [3.8, 4) is 0 Å². The predicted octanol–water partition coefficient (Wildman–Crippen LogP) is 3.30. The molecule has 1 unspecified atom stereocenters. The van der Waals surface area contributed by atoms with Gasteiger partial charge < -0.3 is 5.32 Å². The van der Waals surface area contributed by atoms with E-state index in [2.05, 4.69) is 5.32 Å². The molecule has 1 saturated carbocycles. The van der Waals surface area contributed by atoms with Crippen LogP contribution in [0.2, 0.25) is 0 Å². The fourth-order valence-corrected chi connectivity index (χ4v) is 3.43. The first-order valence-electron chi connectivity index (χ1n) is 6.22. The molecule has 0 saturated heterocycles. The minimum Gasteiger partial charge on any atom is -0.313 e. The van der Waals surface area contributed by atoms with Crippen molar-refractivity contribution in [2.45, 2.75) is 43.6 Å². The zero-order chi connectivity index (χ0) is 11.2. The number of hydrogen-bond acceptors (Lipinski definition) is 1. The van der Waals surface area contributed by atoms with Crippen molar-refractivity contribution in [3.05, 3.63) is 35.1 Å². The van der Waals surface area contributed by atoms with Gasteiger partial charge in [-0.3, -0.25) is 0 Å². The lowest BCUT2D eigenvalue weighted by Crippen LogP contribution is -2.40. The van der Waals surface area contributed by atoms with Crippen molar-refractivity contribution in [2.24, 2.45) is 0 Å². The van der Waals surface area contributed by atoms with Crippen LogP contribution in [0.5, 0.6) is 0 Å². The van der Waals surface area contributed by atoms with Gasteiger partial charge in [-0.15, -0.1) is 0 Å². The quantitative estimate of drug-likeness (QED) is 0.764. The van der Waals surface area contributed by atoms with Crippen LogP contribution < -0.4 is 5.32 Å². The average molecular weight is 219 g/mol. The monoisotopic (exact) mass is 219 g/mol. The van der Waals surface area contributed by atoms with Gasteiger partial charge in [0.15, 0.2) is 0 Å². The molecule has 2 aliphatic carbocycles. The number of halogens is 1. The van der Waals surface area contributed by atoms with E-state index in [0.717, 1.165) is 0 Å². The molecule has 0 heterocycles. The van der Waals surface area contributed by atoms with Crippen LogP contribution >= 0.6 is 0 Å². The molecule has 0 aliphatic heterocycles. The van der Waals surface area contributed by atoms with Crippen molar-refractivity contribution >= 4 is 0 Å². The molecule has 3 rings (SSSR count). The summed E-state index contributed by atoms with van der Waals surface area (Å²) in [6, 6.07) is 5.77. The van der Waals surface area contributed by atoms with E-state index in [9.17, 15) is 4.39 Å². The summed E-state index contributed by atoms with van der Waals surface area (Å²) >= 11 is 0. The fraction of sp³-hybridized carbons (Fsp3) is 0.571. The van der Waals surface area contributed by atoms with Gasteiger partial charge in [0, 0.05) is 6.04 Å². The summed E-state index contributed by atoms with van der Waals surface area (Å²) in [7, 11) is 2.00. The molecule has 1 spiro atoms. The Morgan fingerprint density at radius 1 is 1.31 bits per heavy atom. The second-order valence-corrected chi connectivity index (χ2v) is 5.25. The molecule has 1 aromatic carbocycles. The minimum absolute atomic E-state index is 0.0817. The van der Waals surface area contributed by atoms with Gasteiger partial charge in [0.1, 0.15) is 5.82 Å². The van der Waals surface area contributed by atoms with Gasteiger partial charge >= 0.3 is 0 Å². The van der Waals surface area contributed by atoms with Gasteiger partial charge in [-0.2, -0.15) is 0 Å². The number of hydrogen-bond donors (Lipinski definition) is 1. The average Bonchev–Trinajstić information content (AvgIpc) is 2.25. The zero-order valence-corrected chi connectivity index (χ0v) is 9.72. The summed E-state index contributed by atoms with van der Waals surface area (Å²) in [4.78, 5) is 0. The zero-order valence-electron chi connectivity index (χ0n) is 9.72. The van der Waals surface area contributed by atoms with Gasteiger partial charge in [0.25, 0.3) is 0 Å². The van der Waals surface area contributed by atoms with Crippen LogP contribution in [0.1, 0.15) is 49.3 Å². The van der Waals surface area contributed by atoms with E-state index in [1.54, 1.807) is 12.1 Å². The van der Waals surface area contributed by atoms with E-state index >= 15 is 0 Å². The Morgan fingerprint density at radius 3 is 2.75 bits per heavy atom. The highest BCUT2D eigenvalue weighted by atomic mass is 19.1. The van der Waals surface area contributed by atoms with Crippen LogP contribution in [-0.4, -0.2) is 7.05 Å². The van der Waals surface area contributed by atoms with E-state index in [0.29, 0.717) is 11.5 Å². The Labute approximate surface area is 96.1 Å². The summed E-state index contributed by atoms with van der Waals surface area (Å²) in [5.41, 5.74) is 2.93. The van der Waals surface area contributed by atoms with Gasteiger partial charge in [-0.1, -0.05) is 12.5 Å². The first-order chi connectivity index (χ1) is 7.75. The van der Waals surface area contributed by atoms with Crippen LogP contribution in [0.3, 0.4) is 0 Å². The van der Waals surface area contributed by atoms with Crippen LogP contribution in [0.15, 0.2) is 18.2 Å². The van der Waals surface area contributed by atoms with E-state index in [1.165, 1.54) is 43.2 Å². The van der Waals surface area contributed by atoms with Gasteiger partial charge in [0.05, 0.1) is 0 Å². The lowest BCUT2D eigenvalue weighted by molar-refractivity contribution is 0.193. The van der Waals surface area contributed by atoms with Crippen LogP contribution in [0.25, 0.3) is 0 Å². The molecular weight excluding hydrogens is 201 g/mol. The van der Waals surface area contributed by atoms with E-state index in [4.69, 9.17) is 0 Å². The molecule has 2 aliphatic rings. The summed E-state index contributed by atoms with van der Waals surface area (Å²) in [6.45, 7) is 0. The SMILES string of the molecule is CNC1CCC2(CCC2)c2cc(F)ccc21. The second-order valence-electron chi connectivity index (χ2n) is 5.25. The number of benzene rings is 1. The summed E-state index contributed by atoms with van der Waals surface area (Å²) < 4.78 is 13.4. The molecule has 0 amide bonds. The molecule has 0 aromatic heterocycles. The Morgan fingerprint density at radius 2 is 2.12 bits per heavy atom. The van der Waals surface area contributed by atoms with Crippen LogP contribution in [-0.2, 0) is 5.41 Å². The maximum absolute atomic E-state index is 13.4. The Hall–Kier alpha value is -0.890. The van der Waals surface area contributed by atoms with Crippen molar-refractivity contribution < 1.29 is 4.39 Å². The third-order valence-electron chi connectivity index (χ3n) is 4.53. The molecule has 1 fully saturated rings. The molecule has 1 N–H and O–H groups in total. The Bertz CT molecular complexity index is 409. The molecule has 0 radical (unpaired) electrons. The van der Waals surface area contributed by atoms with E-state index < -0.39 is 0 Å². The standard InChI is InChI=1S/C14H18FN/c1-16-13-5-8-14(6-2-7-14)12-9-10(15)3-4-11(12)13/h3-4,9,13,16H,2,5-8H2,1H3. The highest BCUT2D eigenvalue weighted by molar-refractivity contribution is 5.41. The minimum atomic E-state index is -0.0817. The Balaban J connectivity index is 2.10. The molecular formula is C14H18FN. The van der Waals surface area contributed by atoms with Crippen molar-refractivity contribution in [2.75, 3.05) is 7.05 Å². The maximum Gasteiger partial charge on any atom is 0.123 e. The third-order valence-corrected chi connectivity index (χ3v) is 4.53. The normalized spacial score (nSPS) is 26.2. The molecule has 1 atom stereocenters. The van der Waals surface area contributed by atoms with Crippen molar-refractivity contribution in [1.29, 1.82) is 0 Å². The maximum atomic E-state index is 13.4. The van der Waals surface area contributed by atoms with E-state index in [-0.39, 0.29) is 5.82 Å². The number of fused-ring (bicyclic) bond motifs is 2. The lowest BCUT2D eigenvalue weighted by Gasteiger charge is -2.48. The topological polar surface area (TPSA) is 12.0 Å². The highest BCUT2D eigenvalue weighted by Gasteiger charge is 2.43. The number of nitrogens with one attached hydrogen (secondary N) is 1. The summed E-state index contributed by atoms with van der Waals surface area (Å²) in [5.74, 6) is -0.0817. The molecule has 2 heteroatoms. The van der Waals surface area contributed by atoms with Gasteiger partial charge in [0.2, 0.25) is 0 Å².